The van der Waals surface area contributed by atoms with Gasteiger partial charge in [-0.05, 0) is 57.7 Å². The zero-order valence-electron chi connectivity index (χ0n) is 13.1. The molecule has 0 amide bonds. The maximum Gasteiger partial charge on any atom is 0.335 e. The molecule has 0 bridgehead atoms. The van der Waals surface area contributed by atoms with E-state index in [-0.39, 0.29) is 5.56 Å². The third-order valence-corrected chi connectivity index (χ3v) is 3.95. The summed E-state index contributed by atoms with van der Waals surface area (Å²) in [6.07, 6.45) is 0. The number of hydrogen-bond acceptors (Lipinski definition) is 3. The summed E-state index contributed by atoms with van der Waals surface area (Å²) in [6.45, 7) is 5.08. The van der Waals surface area contributed by atoms with Crippen LogP contribution in [0.15, 0.2) is 46.9 Å². The summed E-state index contributed by atoms with van der Waals surface area (Å²) >= 11 is 3.30. The van der Waals surface area contributed by atoms with Crippen LogP contribution in [0.25, 0.3) is 0 Å². The van der Waals surface area contributed by atoms with Gasteiger partial charge in [-0.25, -0.2) is 4.79 Å². The lowest BCUT2D eigenvalue weighted by molar-refractivity contribution is 0.0696. The molecule has 0 radical (unpaired) electrons. The van der Waals surface area contributed by atoms with Crippen LogP contribution < -0.4 is 9.47 Å². The average molecular weight is 379 g/mol. The van der Waals surface area contributed by atoms with Gasteiger partial charge in [0.05, 0.1) is 10.0 Å². The Bertz CT molecular complexity index is 665. The quantitative estimate of drug-likeness (QED) is 0.707. The van der Waals surface area contributed by atoms with Gasteiger partial charge >= 0.3 is 5.97 Å². The van der Waals surface area contributed by atoms with Crippen molar-refractivity contribution in [2.24, 2.45) is 0 Å². The molecule has 0 aliphatic rings. The molecule has 0 atom stereocenters. The summed E-state index contributed by atoms with van der Waals surface area (Å²) in [5, 5.41) is 8.91. The van der Waals surface area contributed by atoms with E-state index in [1.54, 1.807) is 6.07 Å². The number of ether oxygens (including phenoxy) is 2. The maximum absolute atomic E-state index is 10.9. The average Bonchev–Trinajstić information content (AvgIpc) is 2.53. The first-order valence-electron chi connectivity index (χ1n) is 7.36. The highest BCUT2D eigenvalue weighted by Gasteiger charge is 2.07. The lowest BCUT2D eigenvalue weighted by Gasteiger charge is -2.11. The van der Waals surface area contributed by atoms with Crippen LogP contribution in [0.2, 0.25) is 0 Å². The van der Waals surface area contributed by atoms with E-state index in [2.05, 4.69) is 41.9 Å². The molecule has 0 saturated heterocycles. The molecule has 0 aliphatic carbocycles. The zero-order chi connectivity index (χ0) is 16.8. The molecule has 0 spiro atoms. The number of carbonyl (C=O) groups is 1. The van der Waals surface area contributed by atoms with Gasteiger partial charge in [0.2, 0.25) is 0 Å². The lowest BCUT2D eigenvalue weighted by atomic mass is 10.0. The molecule has 1 N–H and O–H groups in total. The number of aromatic carboxylic acids is 1. The molecule has 0 saturated carbocycles. The Morgan fingerprint density at radius 2 is 1.74 bits per heavy atom. The van der Waals surface area contributed by atoms with Crippen LogP contribution in [0, 0.1) is 0 Å². The molecule has 122 valence electrons. The van der Waals surface area contributed by atoms with Gasteiger partial charge in [-0.1, -0.05) is 26.0 Å². The van der Waals surface area contributed by atoms with Gasteiger partial charge in [0.25, 0.3) is 0 Å². The predicted molar refractivity (Wildman–Crippen MR) is 92.6 cm³/mol. The largest absolute Gasteiger partial charge is 0.490 e. The SMILES string of the molecule is CC(C)c1ccc(OCCOc2ccc(C(=O)O)cc2Br)cc1. The van der Waals surface area contributed by atoms with E-state index in [9.17, 15) is 4.79 Å². The number of carboxylic acid groups (broad SMARTS) is 1. The number of rotatable bonds is 7. The number of hydrogen-bond donors (Lipinski definition) is 1. The summed E-state index contributed by atoms with van der Waals surface area (Å²) in [6, 6.07) is 12.7. The van der Waals surface area contributed by atoms with Crippen molar-refractivity contribution in [3.8, 4) is 11.5 Å². The highest BCUT2D eigenvalue weighted by Crippen LogP contribution is 2.26. The predicted octanol–water partition coefficient (Wildman–Crippen LogP) is 4.73. The second kappa shape index (κ2) is 8.02. The summed E-state index contributed by atoms with van der Waals surface area (Å²) < 4.78 is 11.8. The molecule has 2 aromatic rings. The molecule has 0 aliphatic heterocycles. The second-order valence-electron chi connectivity index (χ2n) is 5.37. The van der Waals surface area contributed by atoms with Crippen LogP contribution in [0.3, 0.4) is 0 Å². The summed E-state index contributed by atoms with van der Waals surface area (Å²) in [4.78, 5) is 10.9. The molecular weight excluding hydrogens is 360 g/mol. The topological polar surface area (TPSA) is 55.8 Å². The fourth-order valence-electron chi connectivity index (χ4n) is 2.01. The number of carboxylic acids is 1. The van der Waals surface area contributed by atoms with Gasteiger partial charge in [-0.3, -0.25) is 0 Å². The van der Waals surface area contributed by atoms with Crippen molar-refractivity contribution >= 4 is 21.9 Å². The molecule has 23 heavy (non-hydrogen) atoms. The Hall–Kier alpha value is -2.01. The van der Waals surface area contributed by atoms with Gasteiger partial charge in [-0.15, -0.1) is 0 Å². The van der Waals surface area contributed by atoms with E-state index in [0.29, 0.717) is 29.4 Å². The fraction of sp³-hybridized carbons (Fsp3) is 0.278. The van der Waals surface area contributed by atoms with Gasteiger partial charge in [0.15, 0.2) is 0 Å². The summed E-state index contributed by atoms with van der Waals surface area (Å²) in [5.41, 5.74) is 1.49. The minimum atomic E-state index is -0.967. The smallest absolute Gasteiger partial charge is 0.335 e. The van der Waals surface area contributed by atoms with Crippen LogP contribution in [0.5, 0.6) is 11.5 Å². The standard InChI is InChI=1S/C18H19BrO4/c1-12(2)13-3-6-15(7-4-13)22-9-10-23-17-8-5-14(18(20)21)11-16(17)19/h3-8,11-12H,9-10H2,1-2H3,(H,20,21). The van der Waals surface area contributed by atoms with Gasteiger partial charge in [-0.2, -0.15) is 0 Å². The highest BCUT2D eigenvalue weighted by molar-refractivity contribution is 9.10. The monoisotopic (exact) mass is 378 g/mol. The van der Waals surface area contributed by atoms with E-state index in [1.165, 1.54) is 17.7 Å². The van der Waals surface area contributed by atoms with E-state index >= 15 is 0 Å². The normalized spacial score (nSPS) is 10.6. The first-order chi connectivity index (χ1) is 11.0. The third kappa shape index (κ3) is 4.99. The number of halogens is 1. The van der Waals surface area contributed by atoms with Crippen LogP contribution in [-0.4, -0.2) is 24.3 Å². The molecule has 0 unspecified atom stereocenters. The Morgan fingerprint density at radius 3 is 2.30 bits per heavy atom. The Morgan fingerprint density at radius 1 is 1.09 bits per heavy atom. The Balaban J connectivity index is 1.82. The number of benzene rings is 2. The summed E-state index contributed by atoms with van der Waals surface area (Å²) in [5.74, 6) is 0.927. The van der Waals surface area contributed by atoms with Crippen molar-refractivity contribution in [1.82, 2.24) is 0 Å². The molecular formula is C18H19BrO4. The van der Waals surface area contributed by atoms with Crippen molar-refractivity contribution in [2.45, 2.75) is 19.8 Å². The van der Waals surface area contributed by atoms with Gasteiger partial charge in [0.1, 0.15) is 24.7 Å². The van der Waals surface area contributed by atoms with Crippen molar-refractivity contribution in [3.05, 3.63) is 58.1 Å². The minimum absolute atomic E-state index is 0.214. The van der Waals surface area contributed by atoms with Crippen LogP contribution in [0.4, 0.5) is 0 Å². The first-order valence-corrected chi connectivity index (χ1v) is 8.15. The molecule has 0 fully saturated rings. The molecule has 2 aromatic carbocycles. The van der Waals surface area contributed by atoms with Crippen LogP contribution in [0.1, 0.15) is 35.7 Å². The molecule has 0 aromatic heterocycles. The fourth-order valence-corrected chi connectivity index (χ4v) is 2.50. The van der Waals surface area contributed by atoms with E-state index in [0.717, 1.165) is 5.75 Å². The minimum Gasteiger partial charge on any atom is -0.490 e. The second-order valence-corrected chi connectivity index (χ2v) is 6.23. The maximum atomic E-state index is 10.9. The van der Waals surface area contributed by atoms with Gasteiger partial charge < -0.3 is 14.6 Å². The first kappa shape index (κ1) is 17.3. The van der Waals surface area contributed by atoms with Gasteiger partial charge in [0, 0.05) is 0 Å². The Labute approximate surface area is 144 Å². The highest BCUT2D eigenvalue weighted by atomic mass is 79.9. The van der Waals surface area contributed by atoms with Crippen LogP contribution >= 0.6 is 15.9 Å². The third-order valence-electron chi connectivity index (χ3n) is 3.34. The molecule has 0 heterocycles. The van der Waals surface area contributed by atoms with E-state index in [4.69, 9.17) is 14.6 Å². The Kier molecular flexibility index (Phi) is 6.04. The molecule has 2 rings (SSSR count). The van der Waals surface area contributed by atoms with E-state index < -0.39 is 5.97 Å². The molecule has 4 nitrogen and oxygen atoms in total. The van der Waals surface area contributed by atoms with Crippen molar-refractivity contribution in [2.75, 3.05) is 13.2 Å². The van der Waals surface area contributed by atoms with Crippen molar-refractivity contribution in [3.63, 3.8) is 0 Å². The van der Waals surface area contributed by atoms with Crippen molar-refractivity contribution in [1.29, 1.82) is 0 Å². The zero-order valence-corrected chi connectivity index (χ0v) is 14.7. The van der Waals surface area contributed by atoms with E-state index in [1.807, 2.05) is 12.1 Å². The summed E-state index contributed by atoms with van der Waals surface area (Å²) in [7, 11) is 0. The molecule has 5 heteroatoms. The van der Waals surface area contributed by atoms with Crippen molar-refractivity contribution < 1.29 is 19.4 Å². The van der Waals surface area contributed by atoms with Crippen LogP contribution in [-0.2, 0) is 0 Å². The lowest BCUT2D eigenvalue weighted by Crippen LogP contribution is -2.09.